The largest absolute Gasteiger partial charge is 0.308 e. The van der Waals surface area contributed by atoms with Gasteiger partial charge in [-0.05, 0) is 36.2 Å². The highest BCUT2D eigenvalue weighted by Crippen LogP contribution is 2.25. The van der Waals surface area contributed by atoms with Crippen LogP contribution in [-0.2, 0) is 0 Å². The summed E-state index contributed by atoms with van der Waals surface area (Å²) in [6.45, 7) is 0. The maximum absolute atomic E-state index is 4.07. The summed E-state index contributed by atoms with van der Waals surface area (Å²) in [5.41, 5.74) is 0. The van der Waals surface area contributed by atoms with Gasteiger partial charge in [0.25, 0.3) is 0 Å². The first-order valence-corrected chi connectivity index (χ1v) is 5.31. The summed E-state index contributed by atoms with van der Waals surface area (Å²) < 4.78 is 7.90. The van der Waals surface area contributed by atoms with Crippen LogP contribution < -0.4 is 5.32 Å². The third-order valence-corrected chi connectivity index (χ3v) is 3.23. The Morgan fingerprint density at radius 1 is 1.38 bits per heavy atom. The van der Waals surface area contributed by atoms with Gasteiger partial charge in [0.1, 0.15) is 0 Å². The summed E-state index contributed by atoms with van der Waals surface area (Å²) >= 11 is 2.90. The smallest absolute Gasteiger partial charge is 0.0810 e. The lowest BCUT2D eigenvalue weighted by Crippen LogP contribution is -2.14. The molecule has 1 N–H and O–H groups in total. The second kappa shape index (κ2) is 3.91. The molecule has 0 saturated carbocycles. The molecule has 0 aromatic carbocycles. The molecule has 2 aromatic rings. The molecule has 0 aliphatic rings. The Hall–Kier alpha value is -0.850. The molecule has 0 aliphatic carbocycles. The second-order valence-electron chi connectivity index (χ2n) is 2.46. The van der Waals surface area contributed by atoms with Crippen LogP contribution in [0.4, 0.5) is 0 Å². The summed E-state index contributed by atoms with van der Waals surface area (Å²) in [7, 11) is 1.92. The molecule has 0 bridgehead atoms. The third-order valence-electron chi connectivity index (χ3n) is 1.69. The lowest BCUT2D eigenvalue weighted by Gasteiger charge is -2.09. The molecule has 0 saturated heterocycles. The Balaban J connectivity index is 2.29. The molecular formula is C7H8N4S2. The molecule has 1 atom stereocenters. The van der Waals surface area contributed by atoms with Gasteiger partial charge in [-0.25, -0.2) is 4.37 Å². The van der Waals surface area contributed by atoms with Crippen LogP contribution in [-0.4, -0.2) is 21.0 Å². The van der Waals surface area contributed by atoms with E-state index in [0.29, 0.717) is 0 Å². The van der Waals surface area contributed by atoms with Gasteiger partial charge in [0.05, 0.1) is 17.1 Å². The second-order valence-corrected chi connectivity index (χ2v) is 4.14. The summed E-state index contributed by atoms with van der Waals surface area (Å²) in [5, 5.41) is 7.02. The summed E-state index contributed by atoms with van der Waals surface area (Å²) in [6, 6.07) is 2.19. The van der Waals surface area contributed by atoms with Gasteiger partial charge in [-0.3, -0.25) is 0 Å². The molecule has 2 aromatic heterocycles. The van der Waals surface area contributed by atoms with E-state index in [1.165, 1.54) is 27.9 Å². The SMILES string of the molecule is CNC(c1ccns1)c1cnns1. The number of hydrogen-bond acceptors (Lipinski definition) is 6. The van der Waals surface area contributed by atoms with E-state index in [1.54, 1.807) is 12.4 Å². The van der Waals surface area contributed by atoms with Gasteiger partial charge >= 0.3 is 0 Å². The Kier molecular flexibility index (Phi) is 2.62. The van der Waals surface area contributed by atoms with Crippen molar-refractivity contribution in [3.63, 3.8) is 0 Å². The average molecular weight is 212 g/mol. The van der Waals surface area contributed by atoms with E-state index in [4.69, 9.17) is 0 Å². The minimum absolute atomic E-state index is 0.187. The highest BCUT2D eigenvalue weighted by molar-refractivity contribution is 7.07. The molecule has 13 heavy (non-hydrogen) atoms. The molecule has 1 unspecified atom stereocenters. The number of hydrogen-bond donors (Lipinski definition) is 1. The van der Waals surface area contributed by atoms with Crippen LogP contribution in [0.1, 0.15) is 15.8 Å². The van der Waals surface area contributed by atoms with Crippen molar-refractivity contribution < 1.29 is 0 Å². The van der Waals surface area contributed by atoms with Crippen LogP contribution in [0.2, 0.25) is 0 Å². The van der Waals surface area contributed by atoms with E-state index < -0.39 is 0 Å². The molecule has 0 fully saturated rings. The zero-order valence-corrected chi connectivity index (χ0v) is 8.60. The molecule has 2 heterocycles. The first kappa shape index (κ1) is 8.74. The highest BCUT2D eigenvalue weighted by Gasteiger charge is 2.15. The molecule has 2 rings (SSSR count). The minimum Gasteiger partial charge on any atom is -0.308 e. The number of aromatic nitrogens is 3. The zero-order valence-electron chi connectivity index (χ0n) is 6.97. The first-order valence-electron chi connectivity index (χ1n) is 3.77. The van der Waals surface area contributed by atoms with Crippen molar-refractivity contribution in [1.29, 1.82) is 0 Å². The van der Waals surface area contributed by atoms with Crippen LogP contribution in [0.3, 0.4) is 0 Å². The fraction of sp³-hybridized carbons (Fsp3) is 0.286. The molecule has 68 valence electrons. The summed E-state index contributed by atoms with van der Waals surface area (Å²) in [5.74, 6) is 0. The van der Waals surface area contributed by atoms with Crippen LogP contribution in [0, 0.1) is 0 Å². The van der Waals surface area contributed by atoms with Crippen molar-refractivity contribution in [3.8, 4) is 0 Å². The van der Waals surface area contributed by atoms with E-state index in [9.17, 15) is 0 Å². The third kappa shape index (κ3) is 1.74. The van der Waals surface area contributed by atoms with E-state index >= 15 is 0 Å². The average Bonchev–Trinajstić information content (AvgIpc) is 2.76. The van der Waals surface area contributed by atoms with Gasteiger partial charge < -0.3 is 5.32 Å². The van der Waals surface area contributed by atoms with E-state index in [1.807, 2.05) is 13.1 Å². The maximum atomic E-state index is 4.07. The van der Waals surface area contributed by atoms with Gasteiger partial charge in [0, 0.05) is 11.1 Å². The predicted octanol–water partition coefficient (Wildman–Crippen LogP) is 1.30. The van der Waals surface area contributed by atoms with Crippen LogP contribution >= 0.6 is 23.1 Å². The molecule has 0 amide bonds. The van der Waals surface area contributed by atoms with Gasteiger partial charge in [0.15, 0.2) is 0 Å². The van der Waals surface area contributed by atoms with Crippen LogP contribution in [0.5, 0.6) is 0 Å². The minimum atomic E-state index is 0.187. The topological polar surface area (TPSA) is 50.7 Å². The summed E-state index contributed by atoms with van der Waals surface area (Å²) in [4.78, 5) is 2.31. The Bertz CT molecular complexity index is 308. The first-order chi connectivity index (χ1) is 6.42. The zero-order chi connectivity index (χ0) is 9.10. The Labute approximate surface area is 84.0 Å². The molecule has 0 spiro atoms. The monoisotopic (exact) mass is 212 g/mol. The maximum Gasteiger partial charge on any atom is 0.0810 e. The predicted molar refractivity (Wildman–Crippen MR) is 52.9 cm³/mol. The molecule has 6 heteroatoms. The van der Waals surface area contributed by atoms with Crippen LogP contribution in [0.15, 0.2) is 18.5 Å². The normalized spacial score (nSPS) is 13.0. The van der Waals surface area contributed by atoms with Crippen molar-refractivity contribution in [2.24, 2.45) is 0 Å². The number of rotatable bonds is 3. The van der Waals surface area contributed by atoms with Crippen molar-refractivity contribution in [2.75, 3.05) is 7.05 Å². The van der Waals surface area contributed by atoms with Crippen molar-refractivity contribution in [3.05, 3.63) is 28.2 Å². The standard InChI is InChI=1S/C7H8N4S2/c1-8-7(5-2-3-10-12-5)6-4-9-11-13-6/h2-4,7-8H,1H3. The molecule has 4 nitrogen and oxygen atoms in total. The molecule has 0 aliphatic heterocycles. The molecule has 0 radical (unpaired) electrons. The number of nitrogens with one attached hydrogen (secondary N) is 1. The lowest BCUT2D eigenvalue weighted by molar-refractivity contribution is 0.714. The van der Waals surface area contributed by atoms with Gasteiger partial charge in [-0.2, -0.15) is 0 Å². The van der Waals surface area contributed by atoms with Crippen LogP contribution in [0.25, 0.3) is 0 Å². The number of nitrogens with zero attached hydrogens (tertiary/aromatic N) is 3. The highest BCUT2D eigenvalue weighted by atomic mass is 32.1. The van der Waals surface area contributed by atoms with Crippen molar-refractivity contribution in [1.82, 2.24) is 19.3 Å². The van der Waals surface area contributed by atoms with E-state index in [-0.39, 0.29) is 6.04 Å². The van der Waals surface area contributed by atoms with Gasteiger partial charge in [-0.15, -0.1) is 5.10 Å². The van der Waals surface area contributed by atoms with Gasteiger partial charge in [0.2, 0.25) is 0 Å². The van der Waals surface area contributed by atoms with Crippen molar-refractivity contribution >= 4 is 23.1 Å². The fourth-order valence-corrected chi connectivity index (χ4v) is 2.52. The van der Waals surface area contributed by atoms with Crippen molar-refractivity contribution in [2.45, 2.75) is 6.04 Å². The Morgan fingerprint density at radius 3 is 2.85 bits per heavy atom. The van der Waals surface area contributed by atoms with Gasteiger partial charge in [-0.1, -0.05) is 4.49 Å². The fourth-order valence-electron chi connectivity index (χ4n) is 1.10. The van der Waals surface area contributed by atoms with E-state index in [0.717, 1.165) is 4.88 Å². The lowest BCUT2D eigenvalue weighted by atomic mass is 10.2. The quantitative estimate of drug-likeness (QED) is 0.833. The Morgan fingerprint density at radius 2 is 2.31 bits per heavy atom. The molecular weight excluding hydrogens is 204 g/mol. The summed E-state index contributed by atoms with van der Waals surface area (Å²) in [6.07, 6.45) is 3.59. The van der Waals surface area contributed by atoms with E-state index in [2.05, 4.69) is 19.3 Å².